The van der Waals surface area contributed by atoms with Gasteiger partial charge in [0.15, 0.2) is 5.13 Å². The number of aryl methyl sites for hydroxylation is 3. The highest BCUT2D eigenvalue weighted by molar-refractivity contribution is 7.15. The largest absolute Gasteiger partial charge is 0.298 e. The Kier molecular flexibility index (Phi) is 3.80. The number of hydrogen-bond acceptors (Lipinski definition) is 5. The highest BCUT2D eigenvalue weighted by Crippen LogP contribution is 2.23. The molecule has 7 heteroatoms. The van der Waals surface area contributed by atoms with Gasteiger partial charge in [0.05, 0.1) is 10.6 Å². The molecule has 1 aromatic heterocycles. The molecule has 0 bridgehead atoms. The first-order valence-corrected chi connectivity index (χ1v) is 6.70. The molecule has 2 aromatic rings. The van der Waals surface area contributed by atoms with Gasteiger partial charge < -0.3 is 0 Å². The number of aromatic nitrogens is 1. The summed E-state index contributed by atoms with van der Waals surface area (Å²) in [7, 11) is 0. The normalized spacial score (nSPS) is 10.3. The smallest absolute Gasteiger partial charge is 0.272 e. The minimum Gasteiger partial charge on any atom is -0.298 e. The van der Waals surface area contributed by atoms with E-state index in [4.69, 9.17) is 0 Å². The lowest BCUT2D eigenvalue weighted by Crippen LogP contribution is -2.12. The standard InChI is InChI=1S/C13H13N3O3S/c1-7-6-10(4-5-11(7)16(18)19)12(17)15-13-14-8(2)9(3)20-13/h4-6H,1-3H3,(H,14,15,17). The molecular weight excluding hydrogens is 278 g/mol. The van der Waals surface area contributed by atoms with Gasteiger partial charge in [-0.05, 0) is 32.9 Å². The Morgan fingerprint density at radius 3 is 2.55 bits per heavy atom. The zero-order valence-electron chi connectivity index (χ0n) is 11.3. The first kappa shape index (κ1) is 14.1. The number of nitro benzene ring substituents is 1. The molecule has 0 aliphatic heterocycles. The lowest BCUT2D eigenvalue weighted by Gasteiger charge is -2.03. The first-order valence-electron chi connectivity index (χ1n) is 5.89. The van der Waals surface area contributed by atoms with Crippen molar-refractivity contribution in [3.8, 4) is 0 Å². The lowest BCUT2D eigenvalue weighted by molar-refractivity contribution is -0.385. The van der Waals surface area contributed by atoms with Gasteiger partial charge in [0.1, 0.15) is 0 Å². The van der Waals surface area contributed by atoms with E-state index in [2.05, 4.69) is 10.3 Å². The highest BCUT2D eigenvalue weighted by atomic mass is 32.1. The summed E-state index contributed by atoms with van der Waals surface area (Å²) < 4.78 is 0. The second-order valence-corrected chi connectivity index (χ2v) is 5.58. The number of nitro groups is 1. The number of carbonyl (C=O) groups is 1. The summed E-state index contributed by atoms with van der Waals surface area (Å²) in [5.74, 6) is -0.322. The molecule has 0 aliphatic rings. The van der Waals surface area contributed by atoms with Gasteiger partial charge in [-0.2, -0.15) is 0 Å². The molecule has 0 atom stereocenters. The molecule has 0 aliphatic carbocycles. The maximum absolute atomic E-state index is 12.1. The third-order valence-electron chi connectivity index (χ3n) is 2.90. The van der Waals surface area contributed by atoms with E-state index in [1.165, 1.54) is 29.5 Å². The molecule has 20 heavy (non-hydrogen) atoms. The van der Waals surface area contributed by atoms with Gasteiger partial charge in [-0.1, -0.05) is 0 Å². The van der Waals surface area contributed by atoms with Crippen molar-refractivity contribution in [2.75, 3.05) is 5.32 Å². The molecule has 6 nitrogen and oxygen atoms in total. The van der Waals surface area contributed by atoms with Crippen LogP contribution in [0.25, 0.3) is 0 Å². The van der Waals surface area contributed by atoms with Crippen molar-refractivity contribution in [2.45, 2.75) is 20.8 Å². The van der Waals surface area contributed by atoms with Crippen LogP contribution in [0.15, 0.2) is 18.2 Å². The number of hydrogen-bond donors (Lipinski definition) is 1. The van der Waals surface area contributed by atoms with Gasteiger partial charge in [-0.25, -0.2) is 4.98 Å². The van der Waals surface area contributed by atoms with Crippen molar-refractivity contribution in [1.29, 1.82) is 0 Å². The Hall–Kier alpha value is -2.28. The van der Waals surface area contributed by atoms with E-state index in [9.17, 15) is 14.9 Å². The van der Waals surface area contributed by atoms with Gasteiger partial charge in [0, 0.05) is 22.1 Å². The molecule has 0 saturated heterocycles. The van der Waals surface area contributed by atoms with Crippen LogP contribution < -0.4 is 5.32 Å². The Bertz CT molecular complexity index is 675. The molecule has 1 N–H and O–H groups in total. The van der Waals surface area contributed by atoms with Gasteiger partial charge in [0.2, 0.25) is 0 Å². The van der Waals surface area contributed by atoms with Gasteiger partial charge in [-0.3, -0.25) is 20.2 Å². The first-order chi connectivity index (χ1) is 9.38. The third kappa shape index (κ3) is 2.83. The number of nitrogens with one attached hydrogen (secondary N) is 1. The summed E-state index contributed by atoms with van der Waals surface area (Å²) in [6, 6.07) is 4.27. The molecule has 104 valence electrons. The zero-order valence-corrected chi connectivity index (χ0v) is 12.1. The number of thiazole rings is 1. The fourth-order valence-electron chi connectivity index (χ4n) is 1.70. The van der Waals surface area contributed by atoms with Crippen molar-refractivity contribution >= 4 is 28.1 Å². The van der Waals surface area contributed by atoms with Crippen LogP contribution in [0.3, 0.4) is 0 Å². The van der Waals surface area contributed by atoms with E-state index in [-0.39, 0.29) is 11.6 Å². The molecule has 1 aromatic carbocycles. The minimum absolute atomic E-state index is 0.00230. The average molecular weight is 291 g/mol. The third-order valence-corrected chi connectivity index (χ3v) is 3.89. The van der Waals surface area contributed by atoms with Gasteiger partial charge >= 0.3 is 0 Å². The number of amides is 1. The van der Waals surface area contributed by atoms with Crippen LogP contribution in [0.4, 0.5) is 10.8 Å². The summed E-state index contributed by atoms with van der Waals surface area (Å²) in [5, 5.41) is 14.0. The molecule has 0 fully saturated rings. The average Bonchev–Trinajstić information content (AvgIpc) is 2.67. The molecule has 1 heterocycles. The van der Waals surface area contributed by atoms with Crippen molar-refractivity contribution < 1.29 is 9.72 Å². The summed E-state index contributed by atoms with van der Waals surface area (Å²) in [6.07, 6.45) is 0. The van der Waals surface area contributed by atoms with E-state index < -0.39 is 4.92 Å². The van der Waals surface area contributed by atoms with Crippen molar-refractivity contribution in [3.05, 3.63) is 50.0 Å². The van der Waals surface area contributed by atoms with Crippen molar-refractivity contribution in [3.63, 3.8) is 0 Å². The number of carbonyl (C=O) groups excluding carboxylic acids is 1. The van der Waals surface area contributed by atoms with Crippen LogP contribution in [0, 0.1) is 30.9 Å². The molecular formula is C13H13N3O3S. The van der Waals surface area contributed by atoms with E-state index in [1.54, 1.807) is 6.92 Å². The molecule has 1 amide bonds. The molecule has 0 radical (unpaired) electrons. The summed E-state index contributed by atoms with van der Waals surface area (Å²) in [6.45, 7) is 5.41. The number of anilines is 1. The van der Waals surface area contributed by atoms with E-state index in [0.717, 1.165) is 10.6 Å². The van der Waals surface area contributed by atoms with E-state index in [0.29, 0.717) is 16.3 Å². The predicted molar refractivity (Wildman–Crippen MR) is 77.4 cm³/mol. The fraction of sp³-hybridized carbons (Fsp3) is 0.231. The number of benzene rings is 1. The van der Waals surface area contributed by atoms with Crippen molar-refractivity contribution in [2.24, 2.45) is 0 Å². The summed E-state index contributed by atoms with van der Waals surface area (Å²) in [5.41, 5.74) is 1.71. The molecule has 0 spiro atoms. The highest BCUT2D eigenvalue weighted by Gasteiger charge is 2.15. The van der Waals surface area contributed by atoms with Crippen molar-refractivity contribution in [1.82, 2.24) is 4.98 Å². The fourth-order valence-corrected chi connectivity index (χ4v) is 2.51. The SMILES string of the molecule is Cc1cc(C(=O)Nc2nc(C)c(C)s2)ccc1[N+](=O)[O-]. The summed E-state index contributed by atoms with van der Waals surface area (Å²) >= 11 is 1.40. The second kappa shape index (κ2) is 5.38. The Morgan fingerprint density at radius 2 is 2.05 bits per heavy atom. The quantitative estimate of drug-likeness (QED) is 0.695. The molecule has 0 unspecified atom stereocenters. The Balaban J connectivity index is 2.21. The predicted octanol–water partition coefficient (Wildman–Crippen LogP) is 3.23. The maximum atomic E-state index is 12.1. The molecule has 2 rings (SSSR count). The van der Waals surface area contributed by atoms with Crippen LogP contribution >= 0.6 is 11.3 Å². The Labute approximate surface area is 119 Å². The van der Waals surface area contributed by atoms with E-state index >= 15 is 0 Å². The summed E-state index contributed by atoms with van der Waals surface area (Å²) in [4.78, 5) is 27.6. The minimum atomic E-state index is -0.468. The van der Waals surface area contributed by atoms with Crippen LogP contribution in [0.1, 0.15) is 26.5 Å². The van der Waals surface area contributed by atoms with Crippen LogP contribution in [-0.4, -0.2) is 15.8 Å². The van der Waals surface area contributed by atoms with E-state index in [1.807, 2.05) is 13.8 Å². The van der Waals surface area contributed by atoms with Crippen LogP contribution in [0.5, 0.6) is 0 Å². The number of rotatable bonds is 3. The number of nitrogens with zero attached hydrogens (tertiary/aromatic N) is 2. The van der Waals surface area contributed by atoms with Gasteiger partial charge in [0.25, 0.3) is 11.6 Å². The topological polar surface area (TPSA) is 85.1 Å². The zero-order chi connectivity index (χ0) is 14.9. The van der Waals surface area contributed by atoms with Crippen LogP contribution in [-0.2, 0) is 0 Å². The molecule has 0 saturated carbocycles. The monoisotopic (exact) mass is 291 g/mol. The van der Waals surface area contributed by atoms with Crippen LogP contribution in [0.2, 0.25) is 0 Å². The maximum Gasteiger partial charge on any atom is 0.272 e. The Morgan fingerprint density at radius 1 is 1.35 bits per heavy atom. The lowest BCUT2D eigenvalue weighted by atomic mass is 10.1. The van der Waals surface area contributed by atoms with Gasteiger partial charge in [-0.15, -0.1) is 11.3 Å². The second-order valence-electron chi connectivity index (χ2n) is 4.37.